The van der Waals surface area contributed by atoms with Crippen LogP contribution in [0.15, 0.2) is 54.7 Å². The van der Waals surface area contributed by atoms with E-state index in [4.69, 9.17) is 0 Å². The number of benzene rings is 2. The fraction of sp³-hybridized carbons (Fsp3) is 0.200. The van der Waals surface area contributed by atoms with Gasteiger partial charge in [-0.1, -0.05) is 18.2 Å². The summed E-state index contributed by atoms with van der Waals surface area (Å²) in [5.41, 5.74) is 2.57. The van der Waals surface area contributed by atoms with Gasteiger partial charge in [-0.2, -0.15) is 0 Å². The van der Waals surface area contributed by atoms with E-state index in [0.29, 0.717) is 11.1 Å². The Kier molecular flexibility index (Phi) is 5.04. The Morgan fingerprint density at radius 2 is 1.77 bits per heavy atom. The summed E-state index contributed by atoms with van der Waals surface area (Å²) in [5.74, 6) is -0.774. The summed E-state index contributed by atoms with van der Waals surface area (Å²) >= 11 is 0. The number of aliphatic hydroxyl groups excluding tert-OH is 1. The lowest BCUT2D eigenvalue weighted by Gasteiger charge is -2.11. The number of nitrogens with zero attached hydrogens (tertiary/aromatic N) is 1. The number of rotatable bonds is 5. The quantitative estimate of drug-likeness (QED) is 0.691. The summed E-state index contributed by atoms with van der Waals surface area (Å²) in [6, 6.07) is 13.9. The van der Waals surface area contributed by atoms with Crippen molar-refractivity contribution in [2.45, 2.75) is 6.10 Å². The molecule has 26 heavy (non-hydrogen) atoms. The molecule has 0 aliphatic rings. The van der Waals surface area contributed by atoms with E-state index in [1.807, 2.05) is 42.1 Å². The number of esters is 1. The molecule has 0 fully saturated rings. The van der Waals surface area contributed by atoms with Crippen LogP contribution in [0.3, 0.4) is 0 Å². The molecule has 3 aromatic rings. The van der Waals surface area contributed by atoms with Crippen LogP contribution in [0.1, 0.15) is 32.4 Å². The number of hydrogen-bond acceptors (Lipinski definition) is 4. The first-order chi connectivity index (χ1) is 12.5. The maximum Gasteiger partial charge on any atom is 0.337 e. The Morgan fingerprint density at radius 3 is 2.46 bits per heavy atom. The van der Waals surface area contributed by atoms with E-state index >= 15 is 0 Å². The van der Waals surface area contributed by atoms with E-state index in [1.54, 1.807) is 12.1 Å². The van der Waals surface area contributed by atoms with Crippen LogP contribution < -0.4 is 5.32 Å². The topological polar surface area (TPSA) is 80.6 Å². The van der Waals surface area contributed by atoms with Crippen molar-refractivity contribution < 1.29 is 19.4 Å². The van der Waals surface area contributed by atoms with Crippen LogP contribution in [0, 0.1) is 0 Å². The zero-order valence-electron chi connectivity index (χ0n) is 14.6. The van der Waals surface area contributed by atoms with E-state index in [2.05, 4.69) is 10.1 Å². The monoisotopic (exact) mass is 352 g/mol. The summed E-state index contributed by atoms with van der Waals surface area (Å²) < 4.78 is 6.57. The van der Waals surface area contributed by atoms with Gasteiger partial charge in [-0.25, -0.2) is 4.79 Å². The van der Waals surface area contributed by atoms with Crippen molar-refractivity contribution in [3.8, 4) is 0 Å². The highest BCUT2D eigenvalue weighted by Crippen LogP contribution is 2.25. The van der Waals surface area contributed by atoms with E-state index in [1.165, 1.54) is 19.2 Å². The van der Waals surface area contributed by atoms with Crippen molar-refractivity contribution in [3.05, 3.63) is 71.4 Å². The SMILES string of the molecule is COC(=O)c1ccc(C(=O)NC[C@H](O)c2cn(C)c3ccccc23)cc1. The molecule has 0 bridgehead atoms. The molecule has 0 unspecified atom stereocenters. The van der Waals surface area contributed by atoms with Crippen LogP contribution in [0.2, 0.25) is 0 Å². The Hall–Kier alpha value is -3.12. The summed E-state index contributed by atoms with van der Waals surface area (Å²) in [4.78, 5) is 23.7. The molecule has 1 aromatic heterocycles. The fourth-order valence-corrected chi connectivity index (χ4v) is 2.92. The van der Waals surface area contributed by atoms with Crippen LogP contribution >= 0.6 is 0 Å². The van der Waals surface area contributed by atoms with Crippen LogP contribution in [0.5, 0.6) is 0 Å². The minimum absolute atomic E-state index is 0.0889. The highest BCUT2D eigenvalue weighted by Gasteiger charge is 2.16. The summed E-state index contributed by atoms with van der Waals surface area (Å²) in [5, 5.41) is 14.2. The van der Waals surface area contributed by atoms with Gasteiger partial charge in [0.25, 0.3) is 5.91 Å². The number of para-hydroxylation sites is 1. The molecule has 0 saturated heterocycles. The minimum Gasteiger partial charge on any atom is -0.465 e. The second kappa shape index (κ2) is 7.41. The number of aliphatic hydroxyl groups is 1. The smallest absolute Gasteiger partial charge is 0.337 e. The molecule has 1 heterocycles. The van der Waals surface area contributed by atoms with Crippen LogP contribution in [0.4, 0.5) is 0 Å². The molecule has 0 spiro atoms. The van der Waals surface area contributed by atoms with Gasteiger partial charge in [0.1, 0.15) is 0 Å². The number of carbonyl (C=O) groups is 2. The third-order valence-electron chi connectivity index (χ3n) is 4.31. The molecule has 0 radical (unpaired) electrons. The molecule has 0 aliphatic heterocycles. The normalized spacial score (nSPS) is 12.0. The van der Waals surface area contributed by atoms with Gasteiger partial charge in [0.05, 0.1) is 18.8 Å². The predicted octanol–water partition coefficient (Wildman–Crippen LogP) is 2.43. The third-order valence-corrected chi connectivity index (χ3v) is 4.31. The molecule has 0 saturated carbocycles. The van der Waals surface area contributed by atoms with Gasteiger partial charge < -0.3 is 19.7 Å². The molecule has 3 rings (SSSR count). The van der Waals surface area contributed by atoms with Crippen molar-refractivity contribution in [2.75, 3.05) is 13.7 Å². The van der Waals surface area contributed by atoms with Crippen LogP contribution in [0.25, 0.3) is 10.9 Å². The van der Waals surface area contributed by atoms with Gasteiger partial charge in [-0.05, 0) is 30.3 Å². The highest BCUT2D eigenvalue weighted by molar-refractivity contribution is 5.96. The first-order valence-corrected chi connectivity index (χ1v) is 8.20. The maximum atomic E-state index is 12.3. The lowest BCUT2D eigenvalue weighted by atomic mass is 10.1. The van der Waals surface area contributed by atoms with Gasteiger partial charge >= 0.3 is 5.97 Å². The third kappa shape index (κ3) is 3.45. The van der Waals surface area contributed by atoms with Crippen molar-refractivity contribution in [2.24, 2.45) is 7.05 Å². The first kappa shape index (κ1) is 17.7. The van der Waals surface area contributed by atoms with E-state index in [-0.39, 0.29) is 12.5 Å². The average Bonchev–Trinajstić information content (AvgIpc) is 3.02. The lowest BCUT2D eigenvalue weighted by Crippen LogP contribution is -2.28. The number of amides is 1. The number of carbonyl (C=O) groups excluding carboxylic acids is 2. The summed E-state index contributed by atoms with van der Waals surface area (Å²) in [6.07, 6.45) is 1.05. The fourth-order valence-electron chi connectivity index (χ4n) is 2.92. The Labute approximate surface area is 151 Å². The maximum absolute atomic E-state index is 12.3. The van der Waals surface area contributed by atoms with Crippen LogP contribution in [-0.4, -0.2) is 35.2 Å². The highest BCUT2D eigenvalue weighted by atomic mass is 16.5. The number of ether oxygens (including phenoxy) is 1. The molecular formula is C20H20N2O4. The van der Waals surface area contributed by atoms with Crippen molar-refractivity contribution in [3.63, 3.8) is 0 Å². The zero-order valence-corrected chi connectivity index (χ0v) is 14.6. The van der Waals surface area contributed by atoms with Crippen molar-refractivity contribution >= 4 is 22.8 Å². The van der Waals surface area contributed by atoms with Crippen LogP contribution in [-0.2, 0) is 11.8 Å². The summed E-state index contributed by atoms with van der Waals surface area (Å²) in [6.45, 7) is 0.0889. The van der Waals surface area contributed by atoms with Gasteiger partial charge in [0.2, 0.25) is 0 Å². The Balaban J connectivity index is 1.68. The number of methoxy groups -OCH3 is 1. The van der Waals surface area contributed by atoms with Gasteiger partial charge in [-0.15, -0.1) is 0 Å². The second-order valence-corrected chi connectivity index (χ2v) is 6.01. The largest absolute Gasteiger partial charge is 0.465 e. The van der Waals surface area contributed by atoms with Crippen molar-refractivity contribution in [1.29, 1.82) is 0 Å². The molecule has 6 nitrogen and oxygen atoms in total. The molecule has 2 N–H and O–H groups in total. The molecule has 2 aromatic carbocycles. The average molecular weight is 352 g/mol. The number of aryl methyl sites for hydroxylation is 1. The first-order valence-electron chi connectivity index (χ1n) is 8.20. The molecule has 134 valence electrons. The molecular weight excluding hydrogens is 332 g/mol. The minimum atomic E-state index is -0.820. The van der Waals surface area contributed by atoms with Gasteiger partial charge in [-0.3, -0.25) is 4.79 Å². The Bertz CT molecular complexity index is 944. The number of nitrogens with one attached hydrogen (secondary N) is 1. The standard InChI is InChI=1S/C20H20N2O4/c1-22-12-16(15-5-3-4-6-17(15)22)18(23)11-21-19(24)13-7-9-14(10-8-13)20(25)26-2/h3-10,12,18,23H,11H2,1-2H3,(H,21,24)/t18-/m0/s1. The van der Waals surface area contributed by atoms with Gasteiger partial charge in [0, 0.05) is 41.8 Å². The molecule has 0 aliphatic carbocycles. The van der Waals surface area contributed by atoms with E-state index in [9.17, 15) is 14.7 Å². The summed E-state index contributed by atoms with van der Waals surface area (Å²) in [7, 11) is 3.22. The lowest BCUT2D eigenvalue weighted by molar-refractivity contribution is 0.0600. The predicted molar refractivity (Wildman–Crippen MR) is 98.0 cm³/mol. The molecule has 1 amide bonds. The zero-order chi connectivity index (χ0) is 18.7. The number of aromatic nitrogens is 1. The van der Waals surface area contributed by atoms with E-state index in [0.717, 1.165) is 16.5 Å². The molecule has 1 atom stereocenters. The number of fused-ring (bicyclic) bond motifs is 1. The molecule has 6 heteroatoms. The van der Waals surface area contributed by atoms with Crippen molar-refractivity contribution in [1.82, 2.24) is 9.88 Å². The number of hydrogen-bond donors (Lipinski definition) is 2. The van der Waals surface area contributed by atoms with Gasteiger partial charge in [0.15, 0.2) is 0 Å². The second-order valence-electron chi connectivity index (χ2n) is 6.01. The van der Waals surface area contributed by atoms with E-state index < -0.39 is 12.1 Å². The Morgan fingerprint density at radius 1 is 1.12 bits per heavy atom.